The highest BCUT2D eigenvalue weighted by molar-refractivity contribution is 7.98. The van der Waals surface area contributed by atoms with E-state index in [4.69, 9.17) is 11.6 Å². The van der Waals surface area contributed by atoms with Crippen molar-refractivity contribution in [3.8, 4) is 0 Å². The molecule has 3 nitrogen and oxygen atoms in total. The van der Waals surface area contributed by atoms with Crippen molar-refractivity contribution in [2.24, 2.45) is 0 Å². The van der Waals surface area contributed by atoms with E-state index in [2.05, 4.69) is 41.3 Å². The van der Waals surface area contributed by atoms with Gasteiger partial charge in [-0.3, -0.25) is 0 Å². The van der Waals surface area contributed by atoms with E-state index in [0.717, 1.165) is 5.69 Å². The number of hydrogen-bond donors (Lipinski definition) is 1. The lowest BCUT2D eigenvalue weighted by Gasteiger charge is -2.09. The second-order valence-electron chi connectivity index (χ2n) is 3.99. The van der Waals surface area contributed by atoms with Gasteiger partial charge in [-0.15, -0.1) is 0 Å². The summed E-state index contributed by atoms with van der Waals surface area (Å²) < 4.78 is 0. The molecule has 0 aliphatic heterocycles. The van der Waals surface area contributed by atoms with Crippen molar-refractivity contribution < 1.29 is 0 Å². The van der Waals surface area contributed by atoms with Crippen LogP contribution >= 0.6 is 23.4 Å². The average molecular weight is 280 g/mol. The van der Waals surface area contributed by atoms with Crippen molar-refractivity contribution in [1.82, 2.24) is 9.97 Å². The van der Waals surface area contributed by atoms with E-state index in [0.29, 0.717) is 16.1 Å². The first kappa shape index (κ1) is 13.2. The number of rotatable bonds is 3. The number of anilines is 2. The Morgan fingerprint density at radius 3 is 2.56 bits per heavy atom. The van der Waals surface area contributed by atoms with Crippen LogP contribution in [-0.2, 0) is 0 Å². The Bertz CT molecular complexity index is 572. The van der Waals surface area contributed by atoms with E-state index in [9.17, 15) is 0 Å². The van der Waals surface area contributed by atoms with Gasteiger partial charge in [0.1, 0.15) is 11.0 Å². The molecule has 2 rings (SSSR count). The first-order chi connectivity index (χ1) is 8.58. The number of nitrogens with zero attached hydrogens (tertiary/aromatic N) is 2. The predicted molar refractivity (Wildman–Crippen MR) is 78.0 cm³/mol. The highest BCUT2D eigenvalue weighted by atomic mass is 35.5. The number of halogens is 1. The zero-order chi connectivity index (χ0) is 13.1. The van der Waals surface area contributed by atoms with Crippen molar-refractivity contribution in [2.45, 2.75) is 19.0 Å². The smallest absolute Gasteiger partial charge is 0.190 e. The Hall–Kier alpha value is -1.26. The van der Waals surface area contributed by atoms with Crippen LogP contribution in [-0.4, -0.2) is 16.2 Å². The summed E-state index contributed by atoms with van der Waals surface area (Å²) in [6.07, 6.45) is 1.92. The first-order valence-corrected chi connectivity index (χ1v) is 7.11. The predicted octanol–water partition coefficient (Wildman–Crippen LogP) is 4.21. The normalized spacial score (nSPS) is 10.4. The highest BCUT2D eigenvalue weighted by Crippen LogP contribution is 2.22. The standard InChI is InChI=1S/C13H14ClN3S/c1-8-4-5-10(6-9(8)2)15-12-7-11(14)16-13(17-12)18-3/h4-7H,1-3H3,(H,15,16,17). The maximum absolute atomic E-state index is 5.95. The van der Waals surface area contributed by atoms with Gasteiger partial charge in [-0.25, -0.2) is 9.97 Å². The summed E-state index contributed by atoms with van der Waals surface area (Å²) in [5.74, 6) is 0.711. The Morgan fingerprint density at radius 2 is 1.89 bits per heavy atom. The van der Waals surface area contributed by atoms with Crippen molar-refractivity contribution in [3.63, 3.8) is 0 Å². The molecule has 1 N–H and O–H groups in total. The molecule has 1 aromatic heterocycles. The minimum atomic E-state index is 0.445. The van der Waals surface area contributed by atoms with Crippen molar-refractivity contribution in [3.05, 3.63) is 40.5 Å². The first-order valence-electron chi connectivity index (χ1n) is 5.51. The molecular formula is C13H14ClN3S. The maximum atomic E-state index is 5.95. The van der Waals surface area contributed by atoms with Crippen molar-refractivity contribution >= 4 is 34.9 Å². The van der Waals surface area contributed by atoms with Gasteiger partial charge in [-0.2, -0.15) is 0 Å². The SMILES string of the molecule is CSc1nc(Cl)cc(Nc2ccc(C)c(C)c2)n1. The van der Waals surface area contributed by atoms with Gasteiger partial charge in [0.25, 0.3) is 0 Å². The molecule has 0 fully saturated rings. The van der Waals surface area contributed by atoms with Gasteiger partial charge >= 0.3 is 0 Å². The second-order valence-corrected chi connectivity index (χ2v) is 5.15. The zero-order valence-corrected chi connectivity index (χ0v) is 12.1. The summed E-state index contributed by atoms with van der Waals surface area (Å²) in [6, 6.07) is 7.91. The molecule has 0 unspecified atom stereocenters. The molecule has 0 bridgehead atoms. The van der Waals surface area contributed by atoms with Crippen LogP contribution in [0.4, 0.5) is 11.5 Å². The van der Waals surface area contributed by atoms with Gasteiger partial charge in [0.15, 0.2) is 5.16 Å². The third-order valence-corrected chi connectivity index (χ3v) is 3.38. The fourth-order valence-corrected chi connectivity index (χ4v) is 2.13. The van der Waals surface area contributed by atoms with Crippen LogP contribution in [0.25, 0.3) is 0 Å². The Balaban J connectivity index is 2.27. The molecule has 0 aliphatic carbocycles. The van der Waals surface area contributed by atoms with E-state index < -0.39 is 0 Å². The fourth-order valence-electron chi connectivity index (χ4n) is 1.52. The molecular weight excluding hydrogens is 266 g/mol. The molecule has 2 aromatic rings. The summed E-state index contributed by atoms with van der Waals surface area (Å²) in [7, 11) is 0. The molecule has 0 radical (unpaired) electrons. The minimum absolute atomic E-state index is 0.445. The third-order valence-electron chi connectivity index (χ3n) is 2.64. The molecule has 94 valence electrons. The van der Waals surface area contributed by atoms with Gasteiger partial charge in [-0.1, -0.05) is 29.4 Å². The number of benzene rings is 1. The third kappa shape index (κ3) is 3.15. The van der Waals surface area contributed by atoms with Gasteiger partial charge < -0.3 is 5.32 Å². The second kappa shape index (κ2) is 5.59. The van der Waals surface area contributed by atoms with Gasteiger partial charge in [0.05, 0.1) is 0 Å². The summed E-state index contributed by atoms with van der Waals surface area (Å²) >= 11 is 7.41. The molecule has 0 saturated carbocycles. The zero-order valence-electron chi connectivity index (χ0n) is 10.5. The number of hydrogen-bond acceptors (Lipinski definition) is 4. The van der Waals surface area contributed by atoms with Crippen LogP contribution in [0.15, 0.2) is 29.4 Å². The van der Waals surface area contributed by atoms with E-state index in [1.54, 1.807) is 6.07 Å². The van der Waals surface area contributed by atoms with Gasteiger partial charge in [-0.05, 0) is 43.4 Å². The summed E-state index contributed by atoms with van der Waals surface area (Å²) in [4.78, 5) is 8.46. The van der Waals surface area contributed by atoms with Crippen LogP contribution < -0.4 is 5.32 Å². The van der Waals surface area contributed by atoms with E-state index in [-0.39, 0.29) is 0 Å². The van der Waals surface area contributed by atoms with E-state index in [1.807, 2.05) is 12.3 Å². The summed E-state index contributed by atoms with van der Waals surface area (Å²) in [5, 5.41) is 4.34. The number of thioether (sulfide) groups is 1. The lowest BCUT2D eigenvalue weighted by molar-refractivity contribution is 0.976. The largest absolute Gasteiger partial charge is 0.340 e. The van der Waals surface area contributed by atoms with Crippen molar-refractivity contribution in [1.29, 1.82) is 0 Å². The number of nitrogens with one attached hydrogen (secondary N) is 1. The van der Waals surface area contributed by atoms with Gasteiger partial charge in [0.2, 0.25) is 0 Å². The average Bonchev–Trinajstić information content (AvgIpc) is 2.33. The Kier molecular flexibility index (Phi) is 4.09. The molecule has 5 heteroatoms. The molecule has 0 aliphatic rings. The van der Waals surface area contributed by atoms with Crippen LogP contribution in [0, 0.1) is 13.8 Å². The lowest BCUT2D eigenvalue weighted by Crippen LogP contribution is -1.97. The summed E-state index contributed by atoms with van der Waals surface area (Å²) in [5.41, 5.74) is 3.51. The number of aryl methyl sites for hydroxylation is 2. The monoisotopic (exact) mass is 279 g/mol. The topological polar surface area (TPSA) is 37.8 Å². The highest BCUT2D eigenvalue weighted by Gasteiger charge is 2.03. The molecule has 0 spiro atoms. The van der Waals surface area contributed by atoms with Crippen LogP contribution in [0.5, 0.6) is 0 Å². The van der Waals surface area contributed by atoms with Crippen molar-refractivity contribution in [2.75, 3.05) is 11.6 Å². The lowest BCUT2D eigenvalue weighted by atomic mass is 10.1. The Morgan fingerprint density at radius 1 is 1.11 bits per heavy atom. The number of aromatic nitrogens is 2. The quantitative estimate of drug-likeness (QED) is 0.519. The molecule has 18 heavy (non-hydrogen) atoms. The molecule has 1 heterocycles. The van der Waals surface area contributed by atoms with E-state index in [1.165, 1.54) is 22.9 Å². The minimum Gasteiger partial charge on any atom is -0.340 e. The maximum Gasteiger partial charge on any atom is 0.190 e. The molecule has 0 saturated heterocycles. The molecule has 0 atom stereocenters. The van der Waals surface area contributed by atoms with Crippen LogP contribution in [0.3, 0.4) is 0 Å². The van der Waals surface area contributed by atoms with Gasteiger partial charge in [0, 0.05) is 11.8 Å². The fraction of sp³-hybridized carbons (Fsp3) is 0.231. The van der Waals surface area contributed by atoms with Crippen LogP contribution in [0.2, 0.25) is 5.15 Å². The molecule has 1 aromatic carbocycles. The Labute approximate surface area is 116 Å². The summed E-state index contributed by atoms with van der Waals surface area (Å²) in [6.45, 7) is 4.17. The molecule has 0 amide bonds. The van der Waals surface area contributed by atoms with Crippen LogP contribution in [0.1, 0.15) is 11.1 Å². The van der Waals surface area contributed by atoms with E-state index >= 15 is 0 Å².